The number of ether oxygens (including phenoxy) is 4. The summed E-state index contributed by atoms with van der Waals surface area (Å²) < 4.78 is 22.9. The predicted molar refractivity (Wildman–Crippen MR) is 279 cm³/mol. The second kappa shape index (κ2) is 24.7. The van der Waals surface area contributed by atoms with Gasteiger partial charge in [-0.25, -0.2) is 0 Å². The lowest BCUT2D eigenvalue weighted by Gasteiger charge is -2.40. The summed E-state index contributed by atoms with van der Waals surface area (Å²) in [6, 6.07) is 48.9. The van der Waals surface area contributed by atoms with Gasteiger partial charge in [0.1, 0.15) is 0 Å². The molecule has 1 aliphatic carbocycles. The number of para-hydroxylation sites is 2. The Morgan fingerprint density at radius 2 is 0.881 bits per heavy atom. The first kappa shape index (κ1) is 48.2. The van der Waals surface area contributed by atoms with Crippen molar-refractivity contribution in [1.29, 1.82) is 0 Å². The molecule has 2 aliphatic heterocycles. The molecule has 8 rings (SSSR count). The summed E-state index contributed by atoms with van der Waals surface area (Å²) in [7, 11) is 0. The van der Waals surface area contributed by atoms with E-state index in [9.17, 15) is 0 Å². The second-order valence-electron chi connectivity index (χ2n) is 19.2. The molecule has 0 amide bonds. The number of nitrogens with zero attached hydrogens (tertiary/aromatic N) is 2. The Hall–Kier alpha value is -5.24. The lowest BCUT2D eigenvalue weighted by Crippen LogP contribution is -2.45. The highest BCUT2D eigenvalue weighted by molar-refractivity contribution is 5.81. The Labute approximate surface area is 402 Å². The molecule has 0 aromatic heterocycles. The van der Waals surface area contributed by atoms with E-state index < -0.39 is 0 Å². The van der Waals surface area contributed by atoms with Crippen LogP contribution < -0.4 is 9.80 Å². The molecule has 5 aromatic rings. The summed E-state index contributed by atoms with van der Waals surface area (Å²) in [5, 5.41) is 0. The van der Waals surface area contributed by atoms with Gasteiger partial charge >= 0.3 is 0 Å². The minimum Gasteiger partial charge on any atom is -0.381 e. The maximum absolute atomic E-state index is 6.02. The van der Waals surface area contributed by atoms with Crippen LogP contribution in [0.25, 0.3) is 5.57 Å². The molecule has 2 heterocycles. The Morgan fingerprint density at radius 1 is 0.448 bits per heavy atom. The summed E-state index contributed by atoms with van der Waals surface area (Å²) in [4.78, 5) is 4.74. The predicted octanol–water partition coefficient (Wildman–Crippen LogP) is 15.3. The Kier molecular flexibility index (Phi) is 17.8. The fourth-order valence-corrected chi connectivity index (χ4v) is 9.38. The molecule has 67 heavy (non-hydrogen) atoms. The molecule has 2 saturated heterocycles. The lowest BCUT2D eigenvalue weighted by atomic mass is 9.84. The highest BCUT2D eigenvalue weighted by Crippen LogP contribution is 2.38. The topological polar surface area (TPSA) is 43.4 Å². The quantitative estimate of drug-likeness (QED) is 0.0489. The van der Waals surface area contributed by atoms with Gasteiger partial charge in [0, 0.05) is 58.2 Å². The van der Waals surface area contributed by atoms with Crippen LogP contribution in [0.4, 0.5) is 28.4 Å². The minimum absolute atomic E-state index is 0.279. The van der Waals surface area contributed by atoms with Crippen LogP contribution in [0.15, 0.2) is 163 Å². The van der Waals surface area contributed by atoms with Gasteiger partial charge in [-0.05, 0) is 147 Å². The number of aryl methyl sites for hydroxylation is 2. The fourth-order valence-electron chi connectivity index (χ4n) is 9.38. The van der Waals surface area contributed by atoms with E-state index in [0.29, 0.717) is 0 Å². The van der Waals surface area contributed by atoms with Crippen LogP contribution in [0.5, 0.6) is 0 Å². The number of hydrogen-bond donors (Lipinski definition) is 0. The SMILES string of the molecule is CCC1(COCCCCCCc2ccc(N(C3=CCC=C(c4ccc(N(c5ccccc5)c5ccc(CCCCCCOCC6(CC)COC6)cc5)cc4)C=C3)c3ccccc3)cc2)COC1. The molecule has 0 saturated carbocycles. The average Bonchev–Trinajstić information content (AvgIpc) is 3.60. The van der Waals surface area contributed by atoms with Crippen molar-refractivity contribution in [2.45, 2.75) is 97.3 Å². The van der Waals surface area contributed by atoms with Gasteiger partial charge < -0.3 is 28.7 Å². The van der Waals surface area contributed by atoms with Gasteiger partial charge in [0.25, 0.3) is 0 Å². The van der Waals surface area contributed by atoms with E-state index in [1.54, 1.807) is 0 Å². The van der Waals surface area contributed by atoms with Crippen LogP contribution in [0, 0.1) is 10.8 Å². The van der Waals surface area contributed by atoms with Gasteiger partial charge in [0.15, 0.2) is 0 Å². The van der Waals surface area contributed by atoms with Crippen LogP contribution >= 0.6 is 0 Å². The van der Waals surface area contributed by atoms with Crippen LogP contribution in [0.3, 0.4) is 0 Å². The van der Waals surface area contributed by atoms with Crippen LogP contribution in [0.1, 0.15) is 101 Å². The number of hydrogen-bond acceptors (Lipinski definition) is 6. The third-order valence-electron chi connectivity index (χ3n) is 14.2. The molecule has 6 heteroatoms. The normalized spacial score (nSPS) is 16.0. The zero-order chi connectivity index (χ0) is 46.0. The molecule has 0 unspecified atom stereocenters. The third kappa shape index (κ3) is 13.3. The van der Waals surface area contributed by atoms with Crippen molar-refractivity contribution in [3.63, 3.8) is 0 Å². The lowest BCUT2D eigenvalue weighted by molar-refractivity contribution is -0.150. The first-order valence-corrected chi connectivity index (χ1v) is 25.4. The second-order valence-corrected chi connectivity index (χ2v) is 19.2. The summed E-state index contributed by atoms with van der Waals surface area (Å²) >= 11 is 0. The maximum atomic E-state index is 6.02. The van der Waals surface area contributed by atoms with E-state index in [1.807, 2.05) is 0 Å². The molecule has 352 valence electrons. The molecular weight excluding hydrogens is 825 g/mol. The van der Waals surface area contributed by atoms with E-state index in [4.69, 9.17) is 18.9 Å². The molecule has 0 bridgehead atoms. The summed E-state index contributed by atoms with van der Waals surface area (Å²) in [5.41, 5.74) is 12.7. The van der Waals surface area contributed by atoms with Crippen molar-refractivity contribution in [2.75, 3.05) is 62.7 Å². The minimum atomic E-state index is 0.279. The highest BCUT2D eigenvalue weighted by atomic mass is 16.5. The highest BCUT2D eigenvalue weighted by Gasteiger charge is 2.37. The number of benzene rings is 5. The summed E-state index contributed by atoms with van der Waals surface area (Å²) in [6.45, 7) is 11.3. The smallest absolute Gasteiger partial charge is 0.0566 e. The van der Waals surface area contributed by atoms with Gasteiger partial charge in [0.05, 0.1) is 39.6 Å². The van der Waals surface area contributed by atoms with Gasteiger partial charge in [-0.2, -0.15) is 0 Å². The van der Waals surface area contributed by atoms with Crippen LogP contribution in [-0.4, -0.2) is 52.9 Å². The first-order valence-electron chi connectivity index (χ1n) is 25.4. The first-order chi connectivity index (χ1) is 33.1. The zero-order valence-corrected chi connectivity index (χ0v) is 40.4. The fraction of sp³-hybridized carbons (Fsp3) is 0.410. The summed E-state index contributed by atoms with van der Waals surface area (Å²) in [5.74, 6) is 0. The molecule has 2 fully saturated rings. The molecule has 0 radical (unpaired) electrons. The molecule has 0 N–H and O–H groups in total. The number of unbranched alkanes of at least 4 members (excludes halogenated alkanes) is 6. The maximum Gasteiger partial charge on any atom is 0.0566 e. The van der Waals surface area contributed by atoms with Crippen molar-refractivity contribution in [2.24, 2.45) is 10.8 Å². The standard InChI is InChI=1S/C61H74N2O4/c1-3-60(46-66-47-60)44-64-42-17-7-5-11-20-50-28-35-57(36-29-50)62(54-23-13-9-14-24-54)56-27-19-22-52(32-39-56)53-33-40-59(41-34-53)63(55-25-15-10-16-26-55)58-37-30-51(31-38-58)21-12-6-8-18-43-65-45-61(4-2)48-67-49-61/h9-10,13-16,22-41H,3-8,11-12,17-21,42-49H2,1-2H3. The largest absolute Gasteiger partial charge is 0.381 e. The van der Waals surface area contributed by atoms with E-state index in [0.717, 1.165) is 121 Å². The van der Waals surface area contributed by atoms with Crippen LogP contribution in [-0.2, 0) is 31.8 Å². The molecule has 5 aromatic carbocycles. The van der Waals surface area contributed by atoms with E-state index in [1.165, 1.54) is 72.2 Å². The van der Waals surface area contributed by atoms with E-state index in [2.05, 4.69) is 181 Å². The van der Waals surface area contributed by atoms with Crippen molar-refractivity contribution in [1.82, 2.24) is 0 Å². The Bertz CT molecular complexity index is 2300. The molecule has 0 atom stereocenters. The number of allylic oxidation sites excluding steroid dienone is 5. The van der Waals surface area contributed by atoms with Gasteiger partial charge in [-0.15, -0.1) is 0 Å². The molecule has 6 nitrogen and oxygen atoms in total. The Morgan fingerprint density at radius 3 is 1.34 bits per heavy atom. The van der Waals surface area contributed by atoms with Gasteiger partial charge in [-0.1, -0.05) is 131 Å². The van der Waals surface area contributed by atoms with E-state index >= 15 is 0 Å². The number of rotatable bonds is 27. The van der Waals surface area contributed by atoms with Crippen molar-refractivity contribution >= 4 is 34.0 Å². The van der Waals surface area contributed by atoms with E-state index in [-0.39, 0.29) is 10.8 Å². The summed E-state index contributed by atoms with van der Waals surface area (Å²) in [6.07, 6.45) is 24.1. The van der Waals surface area contributed by atoms with Crippen molar-refractivity contribution in [3.05, 3.63) is 180 Å². The van der Waals surface area contributed by atoms with Crippen molar-refractivity contribution < 1.29 is 18.9 Å². The molecule has 3 aliphatic rings. The average molecular weight is 899 g/mol. The van der Waals surface area contributed by atoms with Crippen LogP contribution in [0.2, 0.25) is 0 Å². The van der Waals surface area contributed by atoms with Gasteiger partial charge in [-0.3, -0.25) is 0 Å². The monoisotopic (exact) mass is 899 g/mol. The third-order valence-corrected chi connectivity index (χ3v) is 14.2. The number of anilines is 5. The van der Waals surface area contributed by atoms with Gasteiger partial charge in [0.2, 0.25) is 0 Å². The zero-order valence-electron chi connectivity index (χ0n) is 40.4. The van der Waals surface area contributed by atoms with Crippen molar-refractivity contribution in [3.8, 4) is 0 Å². The Balaban J connectivity index is 0.846. The molecular formula is C61H74N2O4. The molecule has 0 spiro atoms.